The molecule has 0 aliphatic carbocycles. The summed E-state index contributed by atoms with van der Waals surface area (Å²) in [6.07, 6.45) is -1.45. The number of benzene rings is 3. The van der Waals surface area contributed by atoms with Crippen molar-refractivity contribution in [3.63, 3.8) is 0 Å². The predicted octanol–water partition coefficient (Wildman–Crippen LogP) is 6.55. The zero-order valence-electron chi connectivity index (χ0n) is 14.5. The van der Waals surface area contributed by atoms with Gasteiger partial charge in [0.15, 0.2) is 0 Å². The molecular formula is C22H14F3NOS. The third-order valence-corrected chi connectivity index (χ3v) is 5.42. The van der Waals surface area contributed by atoms with Crippen molar-refractivity contribution in [2.45, 2.75) is 16.0 Å². The predicted molar refractivity (Wildman–Crippen MR) is 105 cm³/mol. The van der Waals surface area contributed by atoms with Crippen LogP contribution in [-0.2, 0) is 11.0 Å². The van der Waals surface area contributed by atoms with Crippen molar-refractivity contribution in [2.24, 2.45) is 0 Å². The van der Waals surface area contributed by atoms with E-state index in [2.05, 4.69) is 0 Å². The molecule has 0 saturated heterocycles. The number of hydrogen-bond acceptors (Lipinski definition) is 2. The van der Waals surface area contributed by atoms with Gasteiger partial charge >= 0.3 is 6.18 Å². The summed E-state index contributed by atoms with van der Waals surface area (Å²) in [6.45, 7) is 0. The molecule has 1 amide bonds. The summed E-state index contributed by atoms with van der Waals surface area (Å²) < 4.78 is 39.7. The minimum Gasteiger partial charge on any atom is -0.275 e. The Morgan fingerprint density at radius 1 is 0.857 bits per heavy atom. The highest BCUT2D eigenvalue weighted by molar-refractivity contribution is 7.99. The van der Waals surface area contributed by atoms with Gasteiger partial charge in [0.25, 0.3) is 5.91 Å². The van der Waals surface area contributed by atoms with Crippen molar-refractivity contribution >= 4 is 35.1 Å². The standard InChI is InChI=1S/C22H14F3NOS/c23-22(24,25)16-11-12-20-18(14-16)26(17-8-4-5-9-19(17)28-20)21(27)13-10-15-6-2-1-3-7-15/h1-14H/b13-10+. The van der Waals surface area contributed by atoms with Gasteiger partial charge in [0, 0.05) is 15.9 Å². The normalized spacial score (nSPS) is 13.3. The fourth-order valence-electron chi connectivity index (χ4n) is 2.97. The second kappa shape index (κ2) is 7.20. The Morgan fingerprint density at radius 2 is 1.54 bits per heavy atom. The molecule has 0 spiro atoms. The van der Waals surface area contributed by atoms with Gasteiger partial charge in [-0.25, -0.2) is 0 Å². The molecule has 4 rings (SSSR count). The van der Waals surface area contributed by atoms with E-state index in [0.29, 0.717) is 10.6 Å². The summed E-state index contributed by atoms with van der Waals surface area (Å²) >= 11 is 1.35. The lowest BCUT2D eigenvalue weighted by Gasteiger charge is -2.31. The van der Waals surface area contributed by atoms with Crippen molar-refractivity contribution in [1.29, 1.82) is 0 Å². The molecule has 1 aliphatic rings. The number of alkyl halides is 3. The number of anilines is 2. The Morgan fingerprint density at radius 3 is 2.29 bits per heavy atom. The lowest BCUT2D eigenvalue weighted by atomic mass is 10.1. The van der Waals surface area contributed by atoms with Gasteiger partial charge in [-0.05, 0) is 42.0 Å². The average Bonchev–Trinajstić information content (AvgIpc) is 2.70. The van der Waals surface area contributed by atoms with Gasteiger partial charge in [0.2, 0.25) is 0 Å². The van der Waals surface area contributed by atoms with E-state index in [1.165, 1.54) is 28.8 Å². The van der Waals surface area contributed by atoms with Gasteiger partial charge in [-0.1, -0.05) is 54.2 Å². The number of halogens is 3. The van der Waals surface area contributed by atoms with E-state index in [0.717, 1.165) is 22.6 Å². The third kappa shape index (κ3) is 3.55. The molecule has 0 aromatic heterocycles. The summed E-state index contributed by atoms with van der Waals surface area (Å²) in [5.74, 6) is -0.405. The molecular weight excluding hydrogens is 383 g/mol. The van der Waals surface area contributed by atoms with E-state index in [1.54, 1.807) is 18.2 Å². The quantitative estimate of drug-likeness (QED) is 0.457. The summed E-state index contributed by atoms with van der Waals surface area (Å²) in [6, 6.07) is 19.9. The van der Waals surface area contributed by atoms with Crippen molar-refractivity contribution in [2.75, 3.05) is 4.90 Å². The summed E-state index contributed by atoms with van der Waals surface area (Å²) in [7, 11) is 0. The number of hydrogen-bond donors (Lipinski definition) is 0. The molecule has 1 aliphatic heterocycles. The van der Waals surface area contributed by atoms with Gasteiger partial charge in [-0.15, -0.1) is 0 Å². The molecule has 0 fully saturated rings. The van der Waals surface area contributed by atoms with Gasteiger partial charge in [-0.3, -0.25) is 9.69 Å². The number of carbonyl (C=O) groups is 1. The smallest absolute Gasteiger partial charge is 0.275 e. The van der Waals surface area contributed by atoms with Crippen LogP contribution < -0.4 is 4.90 Å². The second-order valence-electron chi connectivity index (χ2n) is 6.17. The highest BCUT2D eigenvalue weighted by Crippen LogP contribution is 2.49. The van der Waals surface area contributed by atoms with Gasteiger partial charge in [-0.2, -0.15) is 13.2 Å². The molecule has 1 heterocycles. The third-order valence-electron chi connectivity index (χ3n) is 4.29. The van der Waals surface area contributed by atoms with Crippen molar-refractivity contribution < 1.29 is 18.0 Å². The summed E-state index contributed by atoms with van der Waals surface area (Å²) in [5.41, 5.74) is 0.860. The van der Waals surface area contributed by atoms with E-state index < -0.39 is 17.6 Å². The Bertz CT molecular complexity index is 1060. The molecule has 3 aromatic rings. The largest absolute Gasteiger partial charge is 0.416 e. The van der Waals surface area contributed by atoms with E-state index >= 15 is 0 Å². The summed E-state index contributed by atoms with van der Waals surface area (Å²) in [5, 5.41) is 0. The van der Waals surface area contributed by atoms with Crippen LogP contribution in [0.25, 0.3) is 6.08 Å². The van der Waals surface area contributed by atoms with Gasteiger partial charge < -0.3 is 0 Å². The maximum atomic E-state index is 13.2. The van der Waals surface area contributed by atoms with Crippen molar-refractivity contribution in [1.82, 2.24) is 0 Å². The van der Waals surface area contributed by atoms with Gasteiger partial charge in [0.05, 0.1) is 16.9 Å². The van der Waals surface area contributed by atoms with Crippen LogP contribution in [0.2, 0.25) is 0 Å². The van der Waals surface area contributed by atoms with E-state index in [-0.39, 0.29) is 5.69 Å². The van der Waals surface area contributed by atoms with Crippen molar-refractivity contribution in [3.05, 3.63) is 90.0 Å². The molecule has 28 heavy (non-hydrogen) atoms. The molecule has 2 nitrogen and oxygen atoms in total. The number of para-hydroxylation sites is 1. The molecule has 140 valence electrons. The molecule has 3 aromatic carbocycles. The van der Waals surface area contributed by atoms with E-state index in [9.17, 15) is 18.0 Å². The van der Waals surface area contributed by atoms with Crippen LogP contribution in [0, 0.1) is 0 Å². The Kier molecular flexibility index (Phi) is 4.73. The van der Waals surface area contributed by atoms with Crippen LogP contribution in [0.15, 0.2) is 88.7 Å². The molecule has 0 atom stereocenters. The Hall–Kier alpha value is -2.99. The number of carbonyl (C=O) groups excluding carboxylic acids is 1. The van der Waals surface area contributed by atoms with Crippen LogP contribution in [0.4, 0.5) is 24.5 Å². The van der Waals surface area contributed by atoms with E-state index in [1.807, 2.05) is 42.5 Å². The lowest BCUT2D eigenvalue weighted by Crippen LogP contribution is -2.27. The first-order valence-electron chi connectivity index (χ1n) is 8.49. The monoisotopic (exact) mass is 397 g/mol. The fraction of sp³-hybridized carbons (Fsp3) is 0.0455. The van der Waals surface area contributed by atoms with Crippen LogP contribution in [0.1, 0.15) is 11.1 Å². The topological polar surface area (TPSA) is 20.3 Å². The molecule has 0 unspecified atom stereocenters. The van der Waals surface area contributed by atoms with Crippen LogP contribution >= 0.6 is 11.8 Å². The van der Waals surface area contributed by atoms with E-state index in [4.69, 9.17) is 0 Å². The average molecular weight is 397 g/mol. The van der Waals surface area contributed by atoms with Crippen LogP contribution in [0.3, 0.4) is 0 Å². The minimum absolute atomic E-state index is 0.237. The zero-order valence-corrected chi connectivity index (χ0v) is 15.3. The first-order chi connectivity index (χ1) is 13.4. The summed E-state index contributed by atoms with van der Waals surface area (Å²) in [4.78, 5) is 15.8. The van der Waals surface area contributed by atoms with Crippen LogP contribution in [-0.4, -0.2) is 5.91 Å². The van der Waals surface area contributed by atoms with Crippen molar-refractivity contribution in [3.8, 4) is 0 Å². The fourth-order valence-corrected chi connectivity index (χ4v) is 4.01. The SMILES string of the molecule is O=C(/C=C/c1ccccc1)N1c2ccccc2Sc2ccc(C(F)(F)F)cc21. The number of rotatable bonds is 2. The lowest BCUT2D eigenvalue weighted by molar-refractivity contribution is -0.137. The minimum atomic E-state index is -4.48. The first kappa shape index (κ1) is 18.4. The Balaban J connectivity index is 1.79. The second-order valence-corrected chi connectivity index (χ2v) is 7.25. The number of fused-ring (bicyclic) bond motifs is 2. The maximum Gasteiger partial charge on any atom is 0.416 e. The molecule has 0 saturated carbocycles. The maximum absolute atomic E-state index is 13.2. The molecule has 0 radical (unpaired) electrons. The number of nitrogens with zero attached hydrogens (tertiary/aromatic N) is 1. The highest BCUT2D eigenvalue weighted by Gasteiger charge is 2.34. The first-order valence-corrected chi connectivity index (χ1v) is 9.30. The molecule has 6 heteroatoms. The zero-order chi connectivity index (χ0) is 19.7. The molecule has 0 bridgehead atoms. The highest BCUT2D eigenvalue weighted by atomic mass is 32.2. The van der Waals surface area contributed by atoms with Gasteiger partial charge in [0.1, 0.15) is 0 Å². The molecule has 0 N–H and O–H groups in total. The van der Waals surface area contributed by atoms with Crippen LogP contribution in [0.5, 0.6) is 0 Å². The number of amides is 1. The Labute approximate surface area is 164 Å².